The SMILES string of the molecule is CCCCCS(=O)(=O)CCC1OCCCO1. The number of unbranched alkanes of at least 4 members (excludes halogenated alkanes) is 2. The molecule has 0 radical (unpaired) electrons. The van der Waals surface area contributed by atoms with E-state index < -0.39 is 9.84 Å². The molecule has 0 aromatic carbocycles. The van der Waals surface area contributed by atoms with Crippen LogP contribution in [0.2, 0.25) is 0 Å². The van der Waals surface area contributed by atoms with Gasteiger partial charge in [0, 0.05) is 6.42 Å². The van der Waals surface area contributed by atoms with Crippen LogP contribution in [0.1, 0.15) is 39.0 Å². The molecule has 1 saturated heterocycles. The van der Waals surface area contributed by atoms with E-state index in [1.807, 2.05) is 0 Å². The summed E-state index contributed by atoms with van der Waals surface area (Å²) in [5.74, 6) is 0.481. The molecule has 1 heterocycles. The first-order chi connectivity index (χ1) is 7.64. The maximum atomic E-state index is 11.6. The quantitative estimate of drug-likeness (QED) is 0.646. The van der Waals surface area contributed by atoms with Gasteiger partial charge in [0.1, 0.15) is 0 Å². The van der Waals surface area contributed by atoms with Gasteiger partial charge in [-0.05, 0) is 12.8 Å². The maximum Gasteiger partial charge on any atom is 0.158 e. The van der Waals surface area contributed by atoms with E-state index in [-0.39, 0.29) is 12.0 Å². The zero-order valence-electron chi connectivity index (χ0n) is 9.98. The third-order valence-electron chi connectivity index (χ3n) is 2.62. The molecule has 1 aliphatic heterocycles. The molecule has 0 amide bonds. The minimum atomic E-state index is -2.91. The van der Waals surface area contributed by atoms with Crippen molar-refractivity contribution < 1.29 is 17.9 Å². The second-order valence-electron chi connectivity index (χ2n) is 4.17. The van der Waals surface area contributed by atoms with Crippen molar-refractivity contribution in [3.63, 3.8) is 0 Å². The molecule has 5 heteroatoms. The summed E-state index contributed by atoms with van der Waals surface area (Å²) in [6.45, 7) is 3.43. The van der Waals surface area contributed by atoms with Crippen LogP contribution in [-0.2, 0) is 19.3 Å². The number of hydrogen-bond acceptors (Lipinski definition) is 4. The fourth-order valence-electron chi connectivity index (χ4n) is 1.65. The molecule has 0 N–H and O–H groups in total. The molecule has 0 aromatic heterocycles. The Balaban J connectivity index is 2.18. The molecule has 16 heavy (non-hydrogen) atoms. The standard InChI is InChI=1S/C11H22O4S/c1-2-3-4-9-16(12,13)10-6-11-14-7-5-8-15-11/h11H,2-10H2,1H3. The molecule has 96 valence electrons. The summed E-state index contributed by atoms with van der Waals surface area (Å²) in [6, 6.07) is 0. The summed E-state index contributed by atoms with van der Waals surface area (Å²) in [5, 5.41) is 0. The molecule has 1 aliphatic rings. The highest BCUT2D eigenvalue weighted by Crippen LogP contribution is 2.11. The van der Waals surface area contributed by atoms with Gasteiger partial charge in [-0.1, -0.05) is 19.8 Å². The van der Waals surface area contributed by atoms with Crippen LogP contribution < -0.4 is 0 Å². The molecule has 0 saturated carbocycles. The largest absolute Gasteiger partial charge is 0.353 e. The molecule has 0 aromatic rings. The predicted octanol–water partition coefficient (Wildman–Crippen LogP) is 1.74. The summed E-state index contributed by atoms with van der Waals surface area (Å²) < 4.78 is 33.9. The van der Waals surface area contributed by atoms with Crippen molar-refractivity contribution in [2.75, 3.05) is 24.7 Å². The summed E-state index contributed by atoms with van der Waals surface area (Å²) in [5.41, 5.74) is 0. The first kappa shape index (κ1) is 13.9. The summed E-state index contributed by atoms with van der Waals surface area (Å²) in [4.78, 5) is 0. The van der Waals surface area contributed by atoms with Gasteiger partial charge < -0.3 is 9.47 Å². The van der Waals surface area contributed by atoms with E-state index in [1.54, 1.807) is 0 Å². The van der Waals surface area contributed by atoms with Gasteiger partial charge in [-0.15, -0.1) is 0 Å². The monoisotopic (exact) mass is 250 g/mol. The third-order valence-corrected chi connectivity index (χ3v) is 4.39. The van der Waals surface area contributed by atoms with Gasteiger partial charge in [0.05, 0.1) is 24.7 Å². The van der Waals surface area contributed by atoms with E-state index in [0.717, 1.165) is 25.7 Å². The second kappa shape index (κ2) is 7.25. The fourth-order valence-corrected chi connectivity index (χ4v) is 3.05. The van der Waals surface area contributed by atoms with Crippen molar-refractivity contribution >= 4 is 9.84 Å². The lowest BCUT2D eigenvalue weighted by molar-refractivity contribution is -0.178. The highest BCUT2D eigenvalue weighted by Gasteiger charge is 2.18. The smallest absolute Gasteiger partial charge is 0.158 e. The van der Waals surface area contributed by atoms with Crippen molar-refractivity contribution in [3.05, 3.63) is 0 Å². The topological polar surface area (TPSA) is 52.6 Å². The van der Waals surface area contributed by atoms with Crippen molar-refractivity contribution in [1.29, 1.82) is 0 Å². The summed E-state index contributed by atoms with van der Waals surface area (Å²) in [6.07, 6.45) is 3.86. The molecule has 0 unspecified atom stereocenters. The van der Waals surface area contributed by atoms with Crippen molar-refractivity contribution in [2.24, 2.45) is 0 Å². The second-order valence-corrected chi connectivity index (χ2v) is 6.48. The fraction of sp³-hybridized carbons (Fsp3) is 1.00. The Bertz CT molecular complexity index is 268. The van der Waals surface area contributed by atoms with Crippen LogP contribution in [0.4, 0.5) is 0 Å². The normalized spacial score (nSPS) is 18.8. The summed E-state index contributed by atoms with van der Waals surface area (Å²) in [7, 11) is -2.91. The first-order valence-electron chi connectivity index (χ1n) is 6.07. The Kier molecular flexibility index (Phi) is 6.31. The third kappa shape index (κ3) is 5.82. The highest BCUT2D eigenvalue weighted by atomic mass is 32.2. The van der Waals surface area contributed by atoms with Crippen LogP contribution in [0.15, 0.2) is 0 Å². The van der Waals surface area contributed by atoms with Crippen LogP contribution in [0.3, 0.4) is 0 Å². The van der Waals surface area contributed by atoms with Crippen LogP contribution >= 0.6 is 0 Å². The first-order valence-corrected chi connectivity index (χ1v) is 7.90. The Morgan fingerprint density at radius 1 is 1.12 bits per heavy atom. The Labute approximate surface area is 98.2 Å². The lowest BCUT2D eigenvalue weighted by atomic mass is 10.3. The van der Waals surface area contributed by atoms with Gasteiger partial charge in [0.25, 0.3) is 0 Å². The molecule has 0 atom stereocenters. The Morgan fingerprint density at radius 3 is 2.44 bits per heavy atom. The molecule has 0 bridgehead atoms. The lowest BCUT2D eigenvalue weighted by Gasteiger charge is -2.22. The van der Waals surface area contributed by atoms with E-state index in [0.29, 0.717) is 25.4 Å². The van der Waals surface area contributed by atoms with E-state index in [1.165, 1.54) is 0 Å². The van der Waals surface area contributed by atoms with Gasteiger partial charge in [-0.2, -0.15) is 0 Å². The Morgan fingerprint density at radius 2 is 1.81 bits per heavy atom. The molecule has 1 fully saturated rings. The number of hydrogen-bond donors (Lipinski definition) is 0. The highest BCUT2D eigenvalue weighted by molar-refractivity contribution is 7.91. The summed E-state index contributed by atoms with van der Waals surface area (Å²) >= 11 is 0. The average molecular weight is 250 g/mol. The lowest BCUT2D eigenvalue weighted by Crippen LogP contribution is -2.27. The minimum absolute atomic E-state index is 0.182. The van der Waals surface area contributed by atoms with Crippen LogP contribution in [0.25, 0.3) is 0 Å². The van der Waals surface area contributed by atoms with Gasteiger partial charge in [0.15, 0.2) is 16.1 Å². The van der Waals surface area contributed by atoms with Gasteiger partial charge >= 0.3 is 0 Å². The van der Waals surface area contributed by atoms with E-state index in [4.69, 9.17) is 9.47 Å². The van der Waals surface area contributed by atoms with Crippen molar-refractivity contribution in [1.82, 2.24) is 0 Å². The number of rotatable bonds is 7. The van der Waals surface area contributed by atoms with Crippen LogP contribution in [-0.4, -0.2) is 39.4 Å². The van der Waals surface area contributed by atoms with Crippen molar-refractivity contribution in [2.45, 2.75) is 45.3 Å². The maximum absolute atomic E-state index is 11.6. The number of ether oxygens (including phenoxy) is 2. The molecular weight excluding hydrogens is 228 g/mol. The average Bonchev–Trinajstić information content (AvgIpc) is 2.28. The zero-order chi connectivity index (χ0) is 11.9. The molecule has 0 aliphatic carbocycles. The van der Waals surface area contributed by atoms with Crippen molar-refractivity contribution in [3.8, 4) is 0 Å². The Hall–Kier alpha value is -0.130. The van der Waals surface area contributed by atoms with Crippen LogP contribution in [0.5, 0.6) is 0 Å². The van der Waals surface area contributed by atoms with Gasteiger partial charge in [-0.25, -0.2) is 8.42 Å². The minimum Gasteiger partial charge on any atom is -0.353 e. The molecule has 1 rings (SSSR count). The van der Waals surface area contributed by atoms with Gasteiger partial charge in [-0.3, -0.25) is 0 Å². The molecule has 0 spiro atoms. The van der Waals surface area contributed by atoms with E-state index >= 15 is 0 Å². The molecular formula is C11H22O4S. The zero-order valence-corrected chi connectivity index (χ0v) is 10.8. The molecule has 4 nitrogen and oxygen atoms in total. The number of sulfone groups is 1. The predicted molar refractivity (Wildman–Crippen MR) is 63.1 cm³/mol. The van der Waals surface area contributed by atoms with E-state index in [9.17, 15) is 8.42 Å². The van der Waals surface area contributed by atoms with Gasteiger partial charge in [0.2, 0.25) is 0 Å². The van der Waals surface area contributed by atoms with Crippen LogP contribution in [0, 0.1) is 0 Å². The van der Waals surface area contributed by atoms with E-state index in [2.05, 4.69) is 6.92 Å².